The highest BCUT2D eigenvalue weighted by Gasteiger charge is 2.22. The number of nitrogens with one attached hydrogen (secondary N) is 1. The molecule has 21 heavy (non-hydrogen) atoms. The monoisotopic (exact) mass is 317 g/mol. The summed E-state index contributed by atoms with van der Waals surface area (Å²) in [5, 5.41) is 4.20. The molecule has 1 amide bonds. The van der Waals surface area contributed by atoms with Crippen molar-refractivity contribution >= 4 is 40.4 Å². The van der Waals surface area contributed by atoms with Crippen LogP contribution >= 0.6 is 23.2 Å². The zero-order valence-corrected chi connectivity index (χ0v) is 12.9. The molecule has 2 aromatic carbocycles. The van der Waals surface area contributed by atoms with Crippen LogP contribution in [-0.4, -0.2) is 5.91 Å². The highest BCUT2D eigenvalue weighted by Crippen LogP contribution is 2.37. The van der Waals surface area contributed by atoms with Crippen LogP contribution in [0.25, 0.3) is 5.57 Å². The predicted molar refractivity (Wildman–Crippen MR) is 87.8 cm³/mol. The minimum atomic E-state index is -0.248. The van der Waals surface area contributed by atoms with Crippen LogP contribution in [0.4, 0.5) is 5.69 Å². The molecule has 2 nitrogen and oxygen atoms in total. The Morgan fingerprint density at radius 1 is 1.05 bits per heavy atom. The van der Waals surface area contributed by atoms with Crippen molar-refractivity contribution < 1.29 is 4.79 Å². The van der Waals surface area contributed by atoms with E-state index in [-0.39, 0.29) is 11.8 Å². The molecule has 3 rings (SSSR count). The molecule has 0 aromatic heterocycles. The van der Waals surface area contributed by atoms with E-state index in [1.807, 2.05) is 49.4 Å². The Labute approximate surface area is 133 Å². The molecule has 0 saturated heterocycles. The molecule has 2 aromatic rings. The van der Waals surface area contributed by atoms with E-state index in [2.05, 4.69) is 5.32 Å². The zero-order chi connectivity index (χ0) is 15.0. The molecule has 1 aliphatic rings. The van der Waals surface area contributed by atoms with Gasteiger partial charge in [-0.15, -0.1) is 0 Å². The number of halogens is 2. The topological polar surface area (TPSA) is 29.1 Å². The molecule has 0 bridgehead atoms. The second kappa shape index (κ2) is 5.55. The number of rotatable bonds is 1. The van der Waals surface area contributed by atoms with Crippen molar-refractivity contribution in [2.75, 3.05) is 5.32 Å². The first kappa shape index (κ1) is 14.2. The van der Waals surface area contributed by atoms with Crippen molar-refractivity contribution in [3.63, 3.8) is 0 Å². The molecular formula is C17H13Cl2NO. The quantitative estimate of drug-likeness (QED) is 0.786. The van der Waals surface area contributed by atoms with Gasteiger partial charge < -0.3 is 5.32 Å². The van der Waals surface area contributed by atoms with Crippen LogP contribution in [0.2, 0.25) is 10.0 Å². The molecule has 0 radical (unpaired) electrons. The Bertz CT molecular complexity index is 752. The van der Waals surface area contributed by atoms with Crippen LogP contribution in [0.5, 0.6) is 0 Å². The smallest absolute Gasteiger partial charge is 0.231 e. The fraction of sp³-hybridized carbons (Fsp3) is 0.118. The largest absolute Gasteiger partial charge is 0.325 e. The summed E-state index contributed by atoms with van der Waals surface area (Å²) >= 11 is 12.4. The van der Waals surface area contributed by atoms with Gasteiger partial charge in [-0.2, -0.15) is 0 Å². The lowest BCUT2D eigenvalue weighted by Crippen LogP contribution is -2.17. The first-order valence-corrected chi connectivity index (χ1v) is 7.39. The second-order valence-corrected chi connectivity index (χ2v) is 5.87. The third kappa shape index (κ3) is 2.69. The minimum Gasteiger partial charge on any atom is -0.325 e. The van der Waals surface area contributed by atoms with E-state index in [0.29, 0.717) is 10.0 Å². The molecule has 0 aliphatic carbocycles. The molecule has 1 aliphatic heterocycles. The molecule has 0 fully saturated rings. The van der Waals surface area contributed by atoms with Gasteiger partial charge in [0.15, 0.2) is 0 Å². The summed E-state index contributed by atoms with van der Waals surface area (Å²) in [5.41, 5.74) is 3.45. The SMILES string of the molecule is CC1C=C(c2ccccc2Cl)c2cc(Cl)ccc2NC1=O. The van der Waals surface area contributed by atoms with Crippen LogP contribution in [0, 0.1) is 5.92 Å². The van der Waals surface area contributed by atoms with Gasteiger partial charge in [0.25, 0.3) is 0 Å². The predicted octanol–water partition coefficient (Wildman–Crippen LogP) is 5.01. The van der Waals surface area contributed by atoms with E-state index in [9.17, 15) is 4.79 Å². The van der Waals surface area contributed by atoms with Gasteiger partial charge in [0.1, 0.15) is 0 Å². The van der Waals surface area contributed by atoms with Crippen molar-refractivity contribution in [3.8, 4) is 0 Å². The summed E-state index contributed by atoms with van der Waals surface area (Å²) in [7, 11) is 0. The van der Waals surface area contributed by atoms with Crippen LogP contribution in [-0.2, 0) is 4.79 Å². The van der Waals surface area contributed by atoms with E-state index < -0.39 is 0 Å². The lowest BCUT2D eigenvalue weighted by molar-refractivity contribution is -0.118. The number of anilines is 1. The van der Waals surface area contributed by atoms with E-state index in [1.165, 1.54) is 0 Å². The maximum atomic E-state index is 12.1. The Kier molecular flexibility index (Phi) is 3.75. The summed E-state index contributed by atoms with van der Waals surface area (Å²) < 4.78 is 0. The molecule has 1 N–H and O–H groups in total. The molecule has 0 spiro atoms. The third-order valence-corrected chi connectivity index (χ3v) is 4.09. The van der Waals surface area contributed by atoms with E-state index in [4.69, 9.17) is 23.2 Å². The van der Waals surface area contributed by atoms with Gasteiger partial charge in [-0.3, -0.25) is 4.79 Å². The molecule has 0 saturated carbocycles. The molecule has 1 atom stereocenters. The molecule has 4 heteroatoms. The minimum absolute atomic E-state index is 0.0411. The van der Waals surface area contributed by atoms with Crippen molar-refractivity contribution in [1.29, 1.82) is 0 Å². The maximum absolute atomic E-state index is 12.1. The number of fused-ring (bicyclic) bond motifs is 1. The lowest BCUT2D eigenvalue weighted by Gasteiger charge is -2.13. The van der Waals surface area contributed by atoms with Gasteiger partial charge >= 0.3 is 0 Å². The van der Waals surface area contributed by atoms with Crippen LogP contribution < -0.4 is 5.32 Å². The average molecular weight is 318 g/mol. The molecule has 1 heterocycles. The van der Waals surface area contributed by atoms with E-state index in [0.717, 1.165) is 22.4 Å². The Hall–Kier alpha value is -1.77. The number of carbonyl (C=O) groups excluding carboxylic acids is 1. The van der Waals surface area contributed by atoms with Crippen molar-refractivity contribution in [1.82, 2.24) is 0 Å². The van der Waals surface area contributed by atoms with Crippen molar-refractivity contribution in [3.05, 3.63) is 69.7 Å². The van der Waals surface area contributed by atoms with Gasteiger partial charge in [0, 0.05) is 26.9 Å². The zero-order valence-electron chi connectivity index (χ0n) is 11.4. The van der Waals surface area contributed by atoms with Gasteiger partial charge in [-0.05, 0) is 29.8 Å². The molecule has 106 valence electrons. The number of amides is 1. The van der Waals surface area contributed by atoms with Gasteiger partial charge in [-0.1, -0.05) is 54.4 Å². The fourth-order valence-corrected chi connectivity index (χ4v) is 2.83. The first-order valence-electron chi connectivity index (χ1n) is 6.64. The Morgan fingerprint density at radius 2 is 1.81 bits per heavy atom. The van der Waals surface area contributed by atoms with E-state index in [1.54, 1.807) is 6.07 Å². The maximum Gasteiger partial charge on any atom is 0.231 e. The summed E-state index contributed by atoms with van der Waals surface area (Å²) in [6.45, 7) is 1.86. The summed E-state index contributed by atoms with van der Waals surface area (Å²) in [6, 6.07) is 13.0. The third-order valence-electron chi connectivity index (χ3n) is 3.52. The van der Waals surface area contributed by atoms with Gasteiger partial charge in [-0.25, -0.2) is 0 Å². The standard InChI is InChI=1S/C17H13Cl2NO/c1-10-8-13(12-4-2-3-5-15(12)19)14-9-11(18)6-7-16(14)20-17(10)21/h2-10H,1H3,(H,20,21). The normalized spacial score (nSPS) is 17.6. The first-order chi connectivity index (χ1) is 10.1. The molecular weight excluding hydrogens is 305 g/mol. The number of benzene rings is 2. The van der Waals surface area contributed by atoms with Crippen molar-refractivity contribution in [2.24, 2.45) is 5.92 Å². The van der Waals surface area contributed by atoms with Gasteiger partial charge in [0.2, 0.25) is 5.91 Å². The van der Waals surface area contributed by atoms with Crippen LogP contribution in [0.3, 0.4) is 0 Å². The number of hydrogen-bond acceptors (Lipinski definition) is 1. The summed E-state index contributed by atoms with van der Waals surface area (Å²) in [5.74, 6) is -0.289. The lowest BCUT2D eigenvalue weighted by atomic mass is 9.94. The highest BCUT2D eigenvalue weighted by molar-refractivity contribution is 6.33. The van der Waals surface area contributed by atoms with Gasteiger partial charge in [0.05, 0.1) is 5.92 Å². The Balaban J connectivity index is 2.27. The Morgan fingerprint density at radius 3 is 2.57 bits per heavy atom. The second-order valence-electron chi connectivity index (χ2n) is 5.03. The summed E-state index contributed by atoms with van der Waals surface area (Å²) in [4.78, 5) is 12.1. The fourth-order valence-electron chi connectivity index (χ4n) is 2.42. The van der Waals surface area contributed by atoms with Crippen LogP contribution in [0.15, 0.2) is 48.5 Å². The number of hydrogen-bond donors (Lipinski definition) is 1. The number of carbonyl (C=O) groups is 1. The van der Waals surface area contributed by atoms with Crippen LogP contribution in [0.1, 0.15) is 18.1 Å². The van der Waals surface area contributed by atoms with Crippen molar-refractivity contribution in [2.45, 2.75) is 6.92 Å². The molecule has 1 unspecified atom stereocenters. The summed E-state index contributed by atoms with van der Waals surface area (Å²) in [6.07, 6.45) is 1.93. The van der Waals surface area contributed by atoms with E-state index >= 15 is 0 Å². The average Bonchev–Trinajstić information content (AvgIpc) is 2.58. The highest BCUT2D eigenvalue weighted by atomic mass is 35.5.